The molecule has 2 amide bonds. The van der Waals surface area contributed by atoms with E-state index in [1.807, 2.05) is 18.2 Å². The van der Waals surface area contributed by atoms with Crippen LogP contribution in [0.25, 0.3) is 10.9 Å². The van der Waals surface area contributed by atoms with Gasteiger partial charge in [0.15, 0.2) is 17.3 Å². The topological polar surface area (TPSA) is 149 Å². The number of aromatic nitrogens is 4. The molecule has 0 bridgehead atoms. The van der Waals surface area contributed by atoms with Crippen molar-refractivity contribution in [2.24, 2.45) is 0 Å². The van der Waals surface area contributed by atoms with Gasteiger partial charge in [0.1, 0.15) is 6.54 Å². The van der Waals surface area contributed by atoms with Gasteiger partial charge in [-0.25, -0.2) is 4.79 Å². The van der Waals surface area contributed by atoms with Crippen molar-refractivity contribution in [3.8, 4) is 11.5 Å². The second-order valence-electron chi connectivity index (χ2n) is 10.2. The van der Waals surface area contributed by atoms with E-state index >= 15 is 0 Å². The number of aryl methyl sites for hydroxylation is 1. The van der Waals surface area contributed by atoms with E-state index in [9.17, 15) is 19.2 Å². The van der Waals surface area contributed by atoms with Crippen molar-refractivity contribution in [3.63, 3.8) is 0 Å². The first-order valence-corrected chi connectivity index (χ1v) is 13.9. The number of nitrogens with one attached hydrogen (secondary N) is 3. The molecule has 3 N–H and O–H groups in total. The zero-order valence-electron chi connectivity index (χ0n) is 24.5. The maximum atomic E-state index is 13.5. The van der Waals surface area contributed by atoms with Crippen molar-refractivity contribution >= 4 is 28.5 Å². The van der Waals surface area contributed by atoms with E-state index in [2.05, 4.69) is 20.8 Å². The lowest BCUT2D eigenvalue weighted by molar-refractivity contribution is -0.116. The zero-order chi connectivity index (χ0) is 31.2. The number of carbonyl (C=O) groups is 2. The number of methoxy groups -OCH3 is 2. The van der Waals surface area contributed by atoms with Crippen LogP contribution in [0.1, 0.15) is 27.2 Å². The van der Waals surface area contributed by atoms with Gasteiger partial charge in [-0.15, -0.1) is 0 Å². The maximum absolute atomic E-state index is 13.5. The summed E-state index contributed by atoms with van der Waals surface area (Å²) in [5.74, 6) is 0.881. The van der Waals surface area contributed by atoms with Crippen LogP contribution in [-0.2, 0) is 24.3 Å². The Morgan fingerprint density at radius 3 is 2.32 bits per heavy atom. The van der Waals surface area contributed by atoms with Crippen LogP contribution >= 0.6 is 0 Å². The average molecular weight is 597 g/mol. The zero-order valence-corrected chi connectivity index (χ0v) is 24.5. The first kappa shape index (κ1) is 29.8. The smallest absolute Gasteiger partial charge is 0.332 e. The predicted molar refractivity (Wildman–Crippen MR) is 166 cm³/mol. The Labute approximate surface area is 252 Å². The van der Waals surface area contributed by atoms with Crippen LogP contribution in [0.15, 0.2) is 82.4 Å². The molecule has 5 aromatic rings. The molecule has 0 aliphatic carbocycles. The van der Waals surface area contributed by atoms with E-state index in [1.165, 1.54) is 4.57 Å². The monoisotopic (exact) mass is 596 g/mol. The number of benzene rings is 3. The van der Waals surface area contributed by atoms with Crippen LogP contribution in [0, 0.1) is 6.92 Å². The molecule has 0 saturated carbocycles. The highest BCUT2D eigenvalue weighted by molar-refractivity contribution is 5.94. The molecule has 0 fully saturated rings. The summed E-state index contributed by atoms with van der Waals surface area (Å²) in [6.07, 6.45) is 0.598. The van der Waals surface area contributed by atoms with Gasteiger partial charge in [-0.1, -0.05) is 30.3 Å². The highest BCUT2D eigenvalue weighted by Crippen LogP contribution is 2.27. The first-order valence-electron chi connectivity index (χ1n) is 13.9. The molecule has 5 rings (SSSR count). The van der Waals surface area contributed by atoms with Gasteiger partial charge in [-0.05, 0) is 60.9 Å². The molecule has 0 radical (unpaired) electrons. The summed E-state index contributed by atoms with van der Waals surface area (Å²) in [5, 5.41) is 12.6. The third kappa shape index (κ3) is 6.54. The number of rotatable bonds is 11. The van der Waals surface area contributed by atoms with Gasteiger partial charge in [-0.3, -0.25) is 28.6 Å². The molecule has 0 aliphatic heterocycles. The molecule has 2 aromatic heterocycles. The Balaban J connectivity index is 1.29. The molecule has 2 heterocycles. The third-order valence-electron chi connectivity index (χ3n) is 7.11. The van der Waals surface area contributed by atoms with Crippen LogP contribution in [0.5, 0.6) is 11.5 Å². The van der Waals surface area contributed by atoms with Crippen molar-refractivity contribution in [3.05, 3.63) is 116 Å². The van der Waals surface area contributed by atoms with E-state index in [0.29, 0.717) is 52.3 Å². The number of ether oxygens (including phenoxy) is 2. The normalized spacial score (nSPS) is 10.9. The molecular weight excluding hydrogens is 564 g/mol. The van der Waals surface area contributed by atoms with Gasteiger partial charge >= 0.3 is 5.69 Å². The molecule has 0 atom stereocenters. The largest absolute Gasteiger partial charge is 0.493 e. The molecule has 0 spiro atoms. The Hall–Kier alpha value is -5.65. The van der Waals surface area contributed by atoms with Crippen molar-refractivity contribution in [1.82, 2.24) is 24.6 Å². The Kier molecular flexibility index (Phi) is 8.89. The molecule has 226 valence electrons. The second kappa shape index (κ2) is 13.1. The van der Waals surface area contributed by atoms with Crippen molar-refractivity contribution in [2.45, 2.75) is 26.4 Å². The lowest BCUT2D eigenvalue weighted by Crippen LogP contribution is -2.42. The maximum Gasteiger partial charge on any atom is 0.332 e. The SMILES string of the molecule is COc1ccc(CCNC(=O)c2ccc(Cn3c(=O)c4ccccc4n(CC(=O)Nc4cc(C)[nH]n4)c3=O)cc2)cc1OC. The highest BCUT2D eigenvalue weighted by atomic mass is 16.5. The fourth-order valence-electron chi connectivity index (χ4n) is 4.87. The molecule has 12 nitrogen and oxygen atoms in total. The minimum absolute atomic E-state index is 0.0378. The number of anilines is 1. The van der Waals surface area contributed by atoms with Crippen LogP contribution in [0.3, 0.4) is 0 Å². The third-order valence-corrected chi connectivity index (χ3v) is 7.11. The van der Waals surface area contributed by atoms with Gasteiger partial charge in [0, 0.05) is 23.9 Å². The minimum atomic E-state index is -0.626. The number of fused-ring (bicyclic) bond motifs is 1. The Bertz CT molecular complexity index is 1940. The van der Waals surface area contributed by atoms with Gasteiger partial charge in [0.25, 0.3) is 11.5 Å². The van der Waals surface area contributed by atoms with E-state index in [0.717, 1.165) is 15.8 Å². The van der Waals surface area contributed by atoms with E-state index < -0.39 is 17.2 Å². The summed E-state index contributed by atoms with van der Waals surface area (Å²) < 4.78 is 13.0. The van der Waals surface area contributed by atoms with E-state index in [4.69, 9.17) is 9.47 Å². The second-order valence-corrected chi connectivity index (χ2v) is 10.2. The van der Waals surface area contributed by atoms with Crippen LogP contribution in [0.2, 0.25) is 0 Å². The molecule has 0 saturated heterocycles. The number of nitrogens with zero attached hydrogens (tertiary/aromatic N) is 3. The fraction of sp³-hybridized carbons (Fsp3) is 0.219. The summed E-state index contributed by atoms with van der Waals surface area (Å²) >= 11 is 0. The lowest BCUT2D eigenvalue weighted by Gasteiger charge is -2.14. The molecule has 44 heavy (non-hydrogen) atoms. The van der Waals surface area contributed by atoms with Crippen molar-refractivity contribution in [1.29, 1.82) is 0 Å². The van der Waals surface area contributed by atoms with Gasteiger partial charge < -0.3 is 20.1 Å². The molecule has 0 unspecified atom stereocenters. The number of carbonyl (C=O) groups excluding carboxylic acids is 2. The fourth-order valence-corrected chi connectivity index (χ4v) is 4.87. The van der Waals surface area contributed by atoms with Crippen molar-refractivity contribution < 1.29 is 19.1 Å². The quantitative estimate of drug-likeness (QED) is 0.212. The number of H-pyrrole nitrogens is 1. The minimum Gasteiger partial charge on any atom is -0.493 e. The standard InChI is InChI=1S/C32H32N6O6/c1-20-16-28(36-35-20)34-29(39)19-37-25-7-5-4-6-24(25)31(41)38(32(37)42)18-22-8-11-23(12-9-22)30(40)33-15-14-21-10-13-26(43-2)27(17-21)44-3/h4-13,16-17H,14-15,18-19H2,1-3H3,(H,33,40)(H2,34,35,36,39). The number of aromatic amines is 1. The van der Waals surface area contributed by atoms with Crippen LogP contribution in [0.4, 0.5) is 5.82 Å². The van der Waals surface area contributed by atoms with Crippen LogP contribution in [-0.4, -0.2) is 51.9 Å². The number of hydrogen-bond donors (Lipinski definition) is 3. The van der Waals surface area contributed by atoms with Gasteiger partial charge in [0.05, 0.1) is 31.7 Å². The molecule has 12 heteroatoms. The first-order chi connectivity index (χ1) is 21.3. The van der Waals surface area contributed by atoms with E-state index in [-0.39, 0.29) is 19.0 Å². The summed E-state index contributed by atoms with van der Waals surface area (Å²) in [7, 11) is 3.15. The molecule has 0 aliphatic rings. The molecular formula is C32H32N6O6. The van der Waals surface area contributed by atoms with Crippen LogP contribution < -0.4 is 31.4 Å². The summed E-state index contributed by atoms with van der Waals surface area (Å²) in [4.78, 5) is 52.4. The number of hydrogen-bond acceptors (Lipinski definition) is 7. The van der Waals surface area contributed by atoms with Gasteiger partial charge in [-0.2, -0.15) is 5.10 Å². The predicted octanol–water partition coefficient (Wildman–Crippen LogP) is 2.87. The molecule has 3 aromatic carbocycles. The summed E-state index contributed by atoms with van der Waals surface area (Å²) in [5.41, 5.74) is 2.10. The summed E-state index contributed by atoms with van der Waals surface area (Å²) in [6.45, 7) is 1.87. The Morgan fingerprint density at radius 2 is 1.61 bits per heavy atom. The Morgan fingerprint density at radius 1 is 0.886 bits per heavy atom. The van der Waals surface area contributed by atoms with E-state index in [1.54, 1.807) is 75.7 Å². The number of amides is 2. The lowest BCUT2D eigenvalue weighted by atomic mass is 10.1. The highest BCUT2D eigenvalue weighted by Gasteiger charge is 2.17. The summed E-state index contributed by atoms with van der Waals surface area (Å²) in [6, 6.07) is 20.6. The number of para-hydroxylation sites is 1. The van der Waals surface area contributed by atoms with Crippen molar-refractivity contribution in [2.75, 3.05) is 26.1 Å². The van der Waals surface area contributed by atoms with Gasteiger partial charge in [0.2, 0.25) is 5.91 Å². The average Bonchev–Trinajstić information content (AvgIpc) is 3.45.